The van der Waals surface area contributed by atoms with Crippen LogP contribution in [0.3, 0.4) is 0 Å². The van der Waals surface area contributed by atoms with E-state index in [1.54, 1.807) is 13.4 Å². The van der Waals surface area contributed by atoms with E-state index < -0.39 is 16.6 Å². The SMILES string of the molecule is CO/C=C/CCC(/C=C/CO[Si](C)(C)C)O[Si](C)(C)C(C)(C)C. The van der Waals surface area contributed by atoms with Gasteiger partial charge in [0, 0.05) is 0 Å². The Morgan fingerprint density at radius 1 is 1.00 bits per heavy atom. The van der Waals surface area contributed by atoms with Crippen molar-refractivity contribution in [1.82, 2.24) is 0 Å². The highest BCUT2D eigenvalue weighted by molar-refractivity contribution is 6.74. The lowest BCUT2D eigenvalue weighted by Crippen LogP contribution is -2.43. The average molecular weight is 359 g/mol. The van der Waals surface area contributed by atoms with Gasteiger partial charge in [-0.25, -0.2) is 0 Å². The predicted octanol–water partition coefficient (Wildman–Crippen LogP) is 5.72. The second kappa shape index (κ2) is 9.81. The van der Waals surface area contributed by atoms with Gasteiger partial charge in [0.2, 0.25) is 0 Å². The summed E-state index contributed by atoms with van der Waals surface area (Å²) in [6, 6.07) is 0. The lowest BCUT2D eigenvalue weighted by Gasteiger charge is -2.38. The molecule has 0 rings (SSSR count). The molecular weight excluding hydrogens is 320 g/mol. The van der Waals surface area contributed by atoms with Crippen molar-refractivity contribution in [3.05, 3.63) is 24.5 Å². The first-order valence-electron chi connectivity index (χ1n) is 8.55. The Hall–Kier alpha value is -0.366. The zero-order valence-corrected chi connectivity index (χ0v) is 18.7. The number of rotatable bonds is 10. The van der Waals surface area contributed by atoms with E-state index in [0.29, 0.717) is 6.61 Å². The number of hydrogen-bond acceptors (Lipinski definition) is 3. The molecule has 0 aromatic carbocycles. The van der Waals surface area contributed by atoms with E-state index in [0.717, 1.165) is 12.8 Å². The van der Waals surface area contributed by atoms with Gasteiger partial charge < -0.3 is 13.6 Å². The van der Waals surface area contributed by atoms with Crippen molar-refractivity contribution in [2.45, 2.75) is 77.5 Å². The highest BCUT2D eigenvalue weighted by atomic mass is 28.4. The van der Waals surface area contributed by atoms with Gasteiger partial charge in [0.15, 0.2) is 16.6 Å². The van der Waals surface area contributed by atoms with E-state index >= 15 is 0 Å². The molecule has 1 atom stereocenters. The van der Waals surface area contributed by atoms with Crippen LogP contribution in [-0.4, -0.2) is 36.5 Å². The van der Waals surface area contributed by atoms with Crippen molar-refractivity contribution in [2.75, 3.05) is 13.7 Å². The van der Waals surface area contributed by atoms with E-state index in [-0.39, 0.29) is 11.1 Å². The van der Waals surface area contributed by atoms with Crippen LogP contribution in [0, 0.1) is 0 Å². The van der Waals surface area contributed by atoms with E-state index in [9.17, 15) is 0 Å². The number of hydrogen-bond donors (Lipinski definition) is 0. The summed E-state index contributed by atoms with van der Waals surface area (Å²) in [7, 11) is -1.55. The summed E-state index contributed by atoms with van der Waals surface area (Å²) in [5, 5.41) is 0.219. The molecule has 0 aliphatic heterocycles. The summed E-state index contributed by atoms with van der Waals surface area (Å²) in [6.07, 6.45) is 10.2. The molecule has 0 spiro atoms. The molecule has 0 amide bonds. The minimum atomic E-state index is -1.77. The molecule has 0 bridgehead atoms. The number of allylic oxidation sites excluding steroid dienone is 1. The summed E-state index contributed by atoms with van der Waals surface area (Å²) in [6.45, 7) is 18.7. The van der Waals surface area contributed by atoms with Crippen molar-refractivity contribution >= 4 is 16.6 Å². The Balaban J connectivity index is 4.74. The number of methoxy groups -OCH3 is 1. The first-order valence-corrected chi connectivity index (χ1v) is 14.9. The van der Waals surface area contributed by atoms with Crippen molar-refractivity contribution in [3.8, 4) is 0 Å². The molecule has 1 unspecified atom stereocenters. The molecule has 0 saturated heterocycles. The van der Waals surface area contributed by atoms with Gasteiger partial charge >= 0.3 is 0 Å². The topological polar surface area (TPSA) is 27.7 Å². The summed E-state index contributed by atoms with van der Waals surface area (Å²) in [5.74, 6) is 0. The smallest absolute Gasteiger partial charge is 0.192 e. The Labute approximate surface area is 146 Å². The molecular formula is C18H38O3Si2. The standard InChI is InChI=1S/C18H38O3Si2/c1-18(2,3)23(8,9)21-17(13-10-11-15-19-4)14-12-16-20-22(5,6)7/h11-12,14-15,17H,10,13,16H2,1-9H3/b14-12+,15-11+. The Kier molecular flexibility index (Phi) is 9.66. The fraction of sp³-hybridized carbons (Fsp3) is 0.778. The van der Waals surface area contributed by atoms with E-state index in [4.69, 9.17) is 13.6 Å². The van der Waals surface area contributed by atoms with Crippen LogP contribution in [0.2, 0.25) is 37.8 Å². The van der Waals surface area contributed by atoms with E-state index in [1.807, 2.05) is 0 Å². The quantitative estimate of drug-likeness (QED) is 0.284. The van der Waals surface area contributed by atoms with Crippen molar-refractivity contribution in [2.24, 2.45) is 0 Å². The van der Waals surface area contributed by atoms with Gasteiger partial charge in [0.25, 0.3) is 0 Å². The molecule has 0 aliphatic rings. The molecule has 23 heavy (non-hydrogen) atoms. The van der Waals surface area contributed by atoms with E-state index in [1.165, 1.54) is 0 Å². The van der Waals surface area contributed by atoms with Crippen LogP contribution in [-0.2, 0) is 13.6 Å². The Bertz CT molecular complexity index is 377. The summed E-state index contributed by atoms with van der Waals surface area (Å²) >= 11 is 0. The third kappa shape index (κ3) is 10.9. The Morgan fingerprint density at radius 3 is 2.09 bits per heavy atom. The van der Waals surface area contributed by atoms with Crippen LogP contribution < -0.4 is 0 Å². The monoisotopic (exact) mass is 358 g/mol. The van der Waals surface area contributed by atoms with Gasteiger partial charge in [-0.05, 0) is 56.7 Å². The maximum absolute atomic E-state index is 6.55. The third-order valence-electron chi connectivity index (χ3n) is 4.07. The molecule has 0 N–H and O–H groups in total. The molecule has 0 saturated carbocycles. The van der Waals surface area contributed by atoms with Gasteiger partial charge in [-0.2, -0.15) is 0 Å². The average Bonchev–Trinajstić information content (AvgIpc) is 2.36. The molecule has 0 radical (unpaired) electrons. The summed E-state index contributed by atoms with van der Waals surface area (Å²) in [4.78, 5) is 0. The van der Waals surface area contributed by atoms with Gasteiger partial charge in [0.1, 0.15) is 0 Å². The van der Waals surface area contributed by atoms with Crippen molar-refractivity contribution in [3.63, 3.8) is 0 Å². The predicted molar refractivity (Wildman–Crippen MR) is 106 cm³/mol. The molecule has 5 heteroatoms. The summed E-state index contributed by atoms with van der Waals surface area (Å²) in [5.41, 5.74) is 0. The zero-order valence-electron chi connectivity index (χ0n) is 16.7. The minimum absolute atomic E-state index is 0.141. The highest BCUT2D eigenvalue weighted by Gasteiger charge is 2.38. The molecule has 3 nitrogen and oxygen atoms in total. The third-order valence-corrected chi connectivity index (χ3v) is 9.60. The van der Waals surface area contributed by atoms with Crippen LogP contribution in [0.4, 0.5) is 0 Å². The van der Waals surface area contributed by atoms with E-state index in [2.05, 4.69) is 71.7 Å². The van der Waals surface area contributed by atoms with Crippen LogP contribution in [0.25, 0.3) is 0 Å². The fourth-order valence-corrected chi connectivity index (χ4v) is 3.58. The van der Waals surface area contributed by atoms with Crippen LogP contribution >= 0.6 is 0 Å². The zero-order chi connectivity index (χ0) is 18.1. The highest BCUT2D eigenvalue weighted by Crippen LogP contribution is 2.37. The van der Waals surface area contributed by atoms with Crippen molar-refractivity contribution < 1.29 is 13.6 Å². The molecule has 0 aliphatic carbocycles. The fourth-order valence-electron chi connectivity index (χ4n) is 1.68. The summed E-state index contributed by atoms with van der Waals surface area (Å²) < 4.78 is 17.4. The van der Waals surface area contributed by atoms with Crippen LogP contribution in [0.5, 0.6) is 0 Å². The van der Waals surface area contributed by atoms with Crippen LogP contribution in [0.1, 0.15) is 33.6 Å². The normalized spacial score (nSPS) is 15.5. The molecule has 136 valence electrons. The maximum Gasteiger partial charge on any atom is 0.192 e. The van der Waals surface area contributed by atoms with Crippen LogP contribution in [0.15, 0.2) is 24.5 Å². The van der Waals surface area contributed by atoms with Gasteiger partial charge in [0.05, 0.1) is 26.1 Å². The lowest BCUT2D eigenvalue weighted by atomic mass is 10.2. The second-order valence-corrected chi connectivity index (χ2v) is 17.7. The molecule has 0 aromatic heterocycles. The lowest BCUT2D eigenvalue weighted by molar-refractivity contribution is 0.214. The molecule has 0 fully saturated rings. The van der Waals surface area contributed by atoms with Gasteiger partial charge in [-0.15, -0.1) is 0 Å². The first kappa shape index (κ1) is 22.6. The Morgan fingerprint density at radius 2 is 1.61 bits per heavy atom. The largest absolute Gasteiger partial charge is 0.505 e. The minimum Gasteiger partial charge on any atom is -0.505 e. The second-order valence-electron chi connectivity index (χ2n) is 8.45. The molecule has 0 aromatic rings. The van der Waals surface area contributed by atoms with Gasteiger partial charge in [-0.3, -0.25) is 0 Å². The first-order chi connectivity index (χ1) is 10.4. The number of ether oxygens (including phenoxy) is 1. The molecule has 0 heterocycles. The van der Waals surface area contributed by atoms with Crippen molar-refractivity contribution in [1.29, 1.82) is 0 Å². The maximum atomic E-state index is 6.55. The van der Waals surface area contributed by atoms with Gasteiger partial charge in [-0.1, -0.05) is 32.9 Å².